The summed E-state index contributed by atoms with van der Waals surface area (Å²) >= 11 is 3.57. The smallest absolute Gasteiger partial charge is 0.134 e. The maximum absolute atomic E-state index is 4.45. The molecule has 2 aromatic heterocycles. The van der Waals surface area contributed by atoms with Gasteiger partial charge >= 0.3 is 0 Å². The Morgan fingerprint density at radius 3 is 2.85 bits per heavy atom. The first-order valence-electron chi connectivity index (χ1n) is 6.42. The fourth-order valence-electron chi connectivity index (χ4n) is 2.19. The highest BCUT2D eigenvalue weighted by Gasteiger charge is 2.05. The molecule has 1 N–H and O–H groups in total. The van der Waals surface area contributed by atoms with Gasteiger partial charge in [-0.1, -0.05) is 28.1 Å². The molecule has 0 aliphatic carbocycles. The number of rotatable bonds is 3. The van der Waals surface area contributed by atoms with Crippen molar-refractivity contribution in [2.24, 2.45) is 0 Å². The van der Waals surface area contributed by atoms with Gasteiger partial charge in [-0.2, -0.15) is 0 Å². The largest absolute Gasteiger partial charge is 0.365 e. The molecule has 3 nitrogen and oxygen atoms in total. The van der Waals surface area contributed by atoms with Crippen LogP contribution in [-0.2, 0) is 6.54 Å². The number of anilines is 1. The van der Waals surface area contributed by atoms with Crippen LogP contribution in [0.3, 0.4) is 0 Å². The van der Waals surface area contributed by atoms with Crippen molar-refractivity contribution in [3.8, 4) is 0 Å². The Bertz CT molecular complexity index is 756. The van der Waals surface area contributed by atoms with Crippen molar-refractivity contribution in [2.75, 3.05) is 5.32 Å². The molecular weight excluding hydrogens is 314 g/mol. The van der Waals surface area contributed by atoms with Gasteiger partial charge in [-0.25, -0.2) is 4.98 Å². The molecule has 0 saturated carbocycles. The summed E-state index contributed by atoms with van der Waals surface area (Å²) in [6.45, 7) is 2.81. The summed E-state index contributed by atoms with van der Waals surface area (Å²) in [5.74, 6) is 0.903. The summed E-state index contributed by atoms with van der Waals surface area (Å²) < 4.78 is 1.08. The third-order valence-electron chi connectivity index (χ3n) is 3.34. The summed E-state index contributed by atoms with van der Waals surface area (Å²) in [4.78, 5) is 8.56. The monoisotopic (exact) mass is 327 g/mol. The molecule has 1 aromatic carbocycles. The van der Waals surface area contributed by atoms with E-state index in [-0.39, 0.29) is 0 Å². The van der Waals surface area contributed by atoms with E-state index in [1.54, 1.807) is 0 Å². The molecule has 0 unspecified atom stereocenters. The van der Waals surface area contributed by atoms with Gasteiger partial charge in [0.25, 0.3) is 0 Å². The summed E-state index contributed by atoms with van der Waals surface area (Å²) in [5.41, 5.74) is 2.41. The van der Waals surface area contributed by atoms with Gasteiger partial charge in [0.05, 0.1) is 0 Å². The zero-order valence-corrected chi connectivity index (χ0v) is 12.7. The zero-order chi connectivity index (χ0) is 13.9. The molecule has 0 bridgehead atoms. The zero-order valence-electron chi connectivity index (χ0n) is 11.1. The summed E-state index contributed by atoms with van der Waals surface area (Å²) in [6.07, 6.45) is 5.52. The first-order chi connectivity index (χ1) is 9.75. The second kappa shape index (κ2) is 5.59. The Kier molecular flexibility index (Phi) is 3.65. The second-order valence-electron chi connectivity index (χ2n) is 4.65. The fourth-order valence-corrected chi connectivity index (χ4v) is 2.69. The molecule has 0 radical (unpaired) electrons. The normalized spacial score (nSPS) is 10.7. The Hall–Kier alpha value is -1.94. The first-order valence-corrected chi connectivity index (χ1v) is 7.21. The van der Waals surface area contributed by atoms with Crippen molar-refractivity contribution in [2.45, 2.75) is 13.5 Å². The minimum atomic E-state index is 0.743. The number of nitrogens with one attached hydrogen (secondary N) is 1. The molecule has 0 spiro atoms. The third kappa shape index (κ3) is 2.51. The van der Waals surface area contributed by atoms with E-state index in [0.29, 0.717) is 0 Å². The number of aromatic nitrogens is 2. The molecule has 0 saturated heterocycles. The van der Waals surface area contributed by atoms with Gasteiger partial charge in [-0.15, -0.1) is 0 Å². The Morgan fingerprint density at radius 1 is 1.10 bits per heavy atom. The molecule has 3 aromatic rings. The van der Waals surface area contributed by atoms with Crippen LogP contribution in [0.15, 0.2) is 53.4 Å². The lowest BCUT2D eigenvalue weighted by molar-refractivity contribution is 1.08. The standard InChI is InChI=1S/C16H14BrN3/c1-11-9-18-7-5-12(11)10-20-16-14-3-2-4-15(17)13(14)6-8-19-16/h2-9H,10H2,1H3,(H,19,20). The van der Waals surface area contributed by atoms with Crippen LogP contribution >= 0.6 is 15.9 Å². The van der Waals surface area contributed by atoms with Crippen molar-refractivity contribution >= 4 is 32.5 Å². The molecule has 100 valence electrons. The lowest BCUT2D eigenvalue weighted by atomic mass is 10.1. The number of halogens is 1. The van der Waals surface area contributed by atoms with E-state index in [2.05, 4.69) is 44.2 Å². The van der Waals surface area contributed by atoms with Gasteiger partial charge in [-0.05, 0) is 36.2 Å². The number of benzene rings is 1. The highest BCUT2D eigenvalue weighted by atomic mass is 79.9. The maximum atomic E-state index is 4.45. The number of aryl methyl sites for hydroxylation is 1. The van der Waals surface area contributed by atoms with Crippen LogP contribution in [0, 0.1) is 6.92 Å². The molecule has 0 amide bonds. The molecular formula is C16H14BrN3. The van der Waals surface area contributed by atoms with E-state index >= 15 is 0 Å². The Labute approximate surface area is 126 Å². The van der Waals surface area contributed by atoms with Crippen molar-refractivity contribution in [3.63, 3.8) is 0 Å². The average molecular weight is 328 g/mol. The second-order valence-corrected chi connectivity index (χ2v) is 5.50. The van der Waals surface area contributed by atoms with Crippen molar-refractivity contribution in [1.82, 2.24) is 9.97 Å². The number of nitrogens with zero attached hydrogens (tertiary/aromatic N) is 2. The van der Waals surface area contributed by atoms with Crippen LogP contribution in [0.25, 0.3) is 10.8 Å². The average Bonchev–Trinajstić information content (AvgIpc) is 2.47. The maximum Gasteiger partial charge on any atom is 0.134 e. The number of pyridine rings is 2. The highest BCUT2D eigenvalue weighted by molar-refractivity contribution is 9.10. The van der Waals surface area contributed by atoms with Crippen LogP contribution in [-0.4, -0.2) is 9.97 Å². The lowest BCUT2D eigenvalue weighted by Crippen LogP contribution is -2.03. The van der Waals surface area contributed by atoms with Crippen LogP contribution < -0.4 is 5.32 Å². The molecule has 0 atom stereocenters. The lowest BCUT2D eigenvalue weighted by Gasteiger charge is -2.10. The van der Waals surface area contributed by atoms with E-state index in [1.165, 1.54) is 11.1 Å². The van der Waals surface area contributed by atoms with E-state index in [1.807, 2.05) is 42.9 Å². The Balaban J connectivity index is 1.92. The van der Waals surface area contributed by atoms with Gasteiger partial charge in [0.15, 0.2) is 0 Å². The third-order valence-corrected chi connectivity index (χ3v) is 4.03. The molecule has 0 fully saturated rings. The van der Waals surface area contributed by atoms with E-state index in [9.17, 15) is 0 Å². The number of hydrogen-bond donors (Lipinski definition) is 1. The van der Waals surface area contributed by atoms with Crippen molar-refractivity contribution in [3.05, 3.63) is 64.5 Å². The number of hydrogen-bond acceptors (Lipinski definition) is 3. The first kappa shape index (κ1) is 13.1. The fraction of sp³-hybridized carbons (Fsp3) is 0.125. The van der Waals surface area contributed by atoms with Crippen LogP contribution in [0.2, 0.25) is 0 Å². The summed E-state index contributed by atoms with van der Waals surface area (Å²) in [5, 5.41) is 5.69. The van der Waals surface area contributed by atoms with E-state index < -0.39 is 0 Å². The number of fused-ring (bicyclic) bond motifs is 1. The molecule has 20 heavy (non-hydrogen) atoms. The predicted octanol–water partition coefficient (Wildman–Crippen LogP) is 4.31. The van der Waals surface area contributed by atoms with Crippen molar-refractivity contribution < 1.29 is 0 Å². The van der Waals surface area contributed by atoms with E-state index in [4.69, 9.17) is 0 Å². The summed E-state index contributed by atoms with van der Waals surface area (Å²) in [7, 11) is 0. The van der Waals surface area contributed by atoms with Crippen molar-refractivity contribution in [1.29, 1.82) is 0 Å². The molecule has 0 aliphatic rings. The molecule has 2 heterocycles. The van der Waals surface area contributed by atoms with E-state index in [0.717, 1.165) is 27.6 Å². The minimum absolute atomic E-state index is 0.743. The topological polar surface area (TPSA) is 37.8 Å². The van der Waals surface area contributed by atoms with Gasteiger partial charge in [0.1, 0.15) is 5.82 Å². The summed E-state index contributed by atoms with van der Waals surface area (Å²) in [6, 6.07) is 10.2. The quantitative estimate of drug-likeness (QED) is 0.778. The SMILES string of the molecule is Cc1cnccc1CNc1nccc2c(Br)cccc12. The highest BCUT2D eigenvalue weighted by Crippen LogP contribution is 2.27. The molecule has 0 aliphatic heterocycles. The van der Waals surface area contributed by atoms with Crippen LogP contribution in [0.1, 0.15) is 11.1 Å². The predicted molar refractivity (Wildman–Crippen MR) is 85.7 cm³/mol. The molecule has 4 heteroatoms. The van der Waals surface area contributed by atoms with Gasteiger partial charge in [0, 0.05) is 40.4 Å². The minimum Gasteiger partial charge on any atom is -0.365 e. The van der Waals surface area contributed by atoms with Crippen LogP contribution in [0.5, 0.6) is 0 Å². The molecule has 3 rings (SSSR count). The van der Waals surface area contributed by atoms with Gasteiger partial charge < -0.3 is 5.32 Å². The van der Waals surface area contributed by atoms with Crippen LogP contribution in [0.4, 0.5) is 5.82 Å². The van der Waals surface area contributed by atoms with Gasteiger partial charge in [-0.3, -0.25) is 4.98 Å². The van der Waals surface area contributed by atoms with Gasteiger partial charge in [0.2, 0.25) is 0 Å². The Morgan fingerprint density at radius 2 is 2.00 bits per heavy atom.